The van der Waals surface area contributed by atoms with Gasteiger partial charge in [-0.25, -0.2) is 15.0 Å². The Hall–Kier alpha value is -6.27. The Morgan fingerprint density at radius 3 is 2.15 bits per heavy atom. The standard InChI is InChI=1S/C49H63N11O6S/c1-32-26-38(17-18-39(32)46(64)57-49-54-27-33(2)67-49)66-31-43(63)51-21-13-9-7-5-6-8-12-20-50-42(62)30-58-22-24-59(25-23-58)37-16-19-41(52-28-37)55-48-53-29-40-34(3)44(35(4)61)47(65)60(45(40)56-48)36-14-10-11-15-36/h16-19,26-29,36H,5-15,20-25,30-31H2,1-4H3,(H,50,62)(H,51,63)(H,54,57,64)(H,52,53,55,56). The van der Waals surface area contributed by atoms with E-state index in [4.69, 9.17) is 9.72 Å². The molecule has 0 bridgehead atoms. The summed E-state index contributed by atoms with van der Waals surface area (Å²) in [6, 6.07) is 9.04. The Morgan fingerprint density at radius 1 is 0.806 bits per heavy atom. The number of Topliss-reactive ketones (excluding diaryl/α,β-unsaturated/α-hetero) is 1. The average Bonchev–Trinajstić information content (AvgIpc) is 3.99. The predicted molar refractivity (Wildman–Crippen MR) is 262 cm³/mol. The van der Waals surface area contributed by atoms with E-state index in [1.165, 1.54) is 18.3 Å². The highest BCUT2D eigenvalue weighted by molar-refractivity contribution is 7.15. The average molecular weight is 934 g/mol. The van der Waals surface area contributed by atoms with Gasteiger partial charge in [-0.2, -0.15) is 4.98 Å². The number of thiazole rings is 1. The molecule has 356 valence electrons. The maximum atomic E-state index is 13.6. The second kappa shape index (κ2) is 23.5. The van der Waals surface area contributed by atoms with E-state index in [1.54, 1.807) is 42.1 Å². The fourth-order valence-electron chi connectivity index (χ4n) is 8.84. The molecule has 1 aliphatic heterocycles. The third-order valence-corrected chi connectivity index (χ3v) is 13.3. The van der Waals surface area contributed by atoms with Crippen LogP contribution >= 0.6 is 11.3 Å². The fraction of sp³-hybridized carbons (Fsp3) is 0.490. The van der Waals surface area contributed by atoms with Crippen molar-refractivity contribution in [3.05, 3.63) is 86.4 Å². The molecular formula is C49H63N11O6S. The Bertz CT molecular complexity index is 2580. The lowest BCUT2D eigenvalue weighted by molar-refractivity contribution is -0.123. The molecule has 7 rings (SSSR count). The Kier molecular flexibility index (Phi) is 17.0. The van der Waals surface area contributed by atoms with Gasteiger partial charge in [0.15, 0.2) is 17.5 Å². The van der Waals surface area contributed by atoms with Crippen LogP contribution in [0.3, 0.4) is 0 Å². The highest BCUT2D eigenvalue weighted by Gasteiger charge is 2.26. The SMILES string of the molecule is CC(=O)c1c(C)c2cnc(Nc3ccc(N4CCN(CC(=O)NCCCCCCCCCNC(=O)COc5ccc(C(=O)Nc6ncc(C)s6)c(C)c5)CC4)cn3)nc2n(C2CCCC2)c1=O. The van der Waals surface area contributed by atoms with E-state index >= 15 is 0 Å². The molecule has 0 spiro atoms. The first-order chi connectivity index (χ1) is 32.4. The number of fused-ring (bicyclic) bond motifs is 1. The summed E-state index contributed by atoms with van der Waals surface area (Å²) < 4.78 is 7.37. The van der Waals surface area contributed by atoms with E-state index in [2.05, 4.69) is 46.0 Å². The number of pyridine rings is 2. The minimum Gasteiger partial charge on any atom is -0.484 e. The van der Waals surface area contributed by atoms with Crippen LogP contribution in [0.1, 0.15) is 120 Å². The number of nitrogens with one attached hydrogen (secondary N) is 4. The number of carbonyl (C=O) groups excluding carboxylic acids is 4. The number of ether oxygens (including phenoxy) is 1. The molecule has 3 amide bonds. The number of benzene rings is 1. The van der Waals surface area contributed by atoms with Gasteiger partial charge in [0.25, 0.3) is 17.4 Å². The molecule has 1 aliphatic carbocycles. The van der Waals surface area contributed by atoms with Crippen molar-refractivity contribution < 1.29 is 23.9 Å². The molecule has 0 radical (unpaired) electrons. The number of carbonyl (C=O) groups is 4. The van der Waals surface area contributed by atoms with Crippen LogP contribution in [-0.4, -0.2) is 105 Å². The quantitative estimate of drug-likeness (QED) is 0.0406. The summed E-state index contributed by atoms with van der Waals surface area (Å²) in [6.45, 7) is 11.7. The van der Waals surface area contributed by atoms with Gasteiger partial charge in [0.05, 0.1) is 24.0 Å². The number of aryl methyl sites for hydroxylation is 3. The Morgan fingerprint density at radius 2 is 1.51 bits per heavy atom. The number of unbranched alkanes of at least 4 members (excludes halogenated alkanes) is 6. The molecule has 1 aromatic carbocycles. The molecular weight excluding hydrogens is 871 g/mol. The lowest BCUT2D eigenvalue weighted by atomic mass is 10.0. The van der Waals surface area contributed by atoms with Gasteiger partial charge in [0, 0.05) is 73.5 Å². The maximum absolute atomic E-state index is 13.6. The van der Waals surface area contributed by atoms with E-state index in [0.29, 0.717) is 64.4 Å². The first-order valence-electron chi connectivity index (χ1n) is 23.6. The molecule has 0 unspecified atom stereocenters. The fourth-order valence-corrected chi connectivity index (χ4v) is 9.50. The van der Waals surface area contributed by atoms with Gasteiger partial charge in [0.2, 0.25) is 11.9 Å². The van der Waals surface area contributed by atoms with Crippen LogP contribution < -0.4 is 36.5 Å². The molecule has 5 aromatic rings. The number of aromatic nitrogens is 5. The van der Waals surface area contributed by atoms with Crippen molar-refractivity contribution >= 4 is 68.5 Å². The van der Waals surface area contributed by atoms with Gasteiger partial charge >= 0.3 is 0 Å². The number of nitrogens with zero attached hydrogens (tertiary/aromatic N) is 7. The smallest absolute Gasteiger partial charge is 0.263 e. The Labute approximate surface area is 395 Å². The summed E-state index contributed by atoms with van der Waals surface area (Å²) in [7, 11) is 0. The maximum Gasteiger partial charge on any atom is 0.263 e. The van der Waals surface area contributed by atoms with Crippen LogP contribution in [0.15, 0.2) is 53.7 Å². The zero-order valence-electron chi connectivity index (χ0n) is 39.1. The monoisotopic (exact) mass is 933 g/mol. The van der Waals surface area contributed by atoms with Crippen LogP contribution in [0.25, 0.3) is 11.0 Å². The van der Waals surface area contributed by atoms with Crippen molar-refractivity contribution in [3.8, 4) is 5.75 Å². The molecule has 1 saturated carbocycles. The summed E-state index contributed by atoms with van der Waals surface area (Å²) in [5, 5.41) is 13.3. The summed E-state index contributed by atoms with van der Waals surface area (Å²) in [4.78, 5) is 87.2. The number of hydrogen-bond acceptors (Lipinski definition) is 14. The second-order valence-electron chi connectivity index (χ2n) is 17.6. The minimum absolute atomic E-state index is 0.00407. The molecule has 67 heavy (non-hydrogen) atoms. The van der Waals surface area contributed by atoms with Crippen LogP contribution in [0.4, 0.5) is 22.6 Å². The van der Waals surface area contributed by atoms with Crippen LogP contribution in [0.2, 0.25) is 0 Å². The number of amides is 3. The summed E-state index contributed by atoms with van der Waals surface area (Å²) in [5.41, 5.74) is 3.34. The molecule has 4 aromatic heterocycles. The lowest BCUT2D eigenvalue weighted by Crippen LogP contribution is -2.49. The van der Waals surface area contributed by atoms with Crippen LogP contribution in [0, 0.1) is 20.8 Å². The van der Waals surface area contributed by atoms with E-state index in [1.807, 2.05) is 32.2 Å². The largest absolute Gasteiger partial charge is 0.484 e. The molecule has 18 heteroatoms. The molecule has 17 nitrogen and oxygen atoms in total. The number of piperazine rings is 1. The summed E-state index contributed by atoms with van der Waals surface area (Å²) in [5.74, 6) is 0.839. The van der Waals surface area contributed by atoms with Crippen LogP contribution in [-0.2, 0) is 9.59 Å². The van der Waals surface area contributed by atoms with E-state index in [9.17, 15) is 24.0 Å². The van der Waals surface area contributed by atoms with Crippen molar-refractivity contribution in [2.24, 2.45) is 0 Å². The molecule has 1 saturated heterocycles. The van der Waals surface area contributed by atoms with E-state index in [0.717, 1.165) is 113 Å². The molecule has 2 fully saturated rings. The van der Waals surface area contributed by atoms with Gasteiger partial charge in [-0.1, -0.05) is 44.9 Å². The highest BCUT2D eigenvalue weighted by Crippen LogP contribution is 2.32. The van der Waals surface area contributed by atoms with Gasteiger partial charge in [-0.15, -0.1) is 11.3 Å². The lowest BCUT2D eigenvalue weighted by Gasteiger charge is -2.35. The van der Waals surface area contributed by atoms with Gasteiger partial charge in [0.1, 0.15) is 17.2 Å². The first kappa shape index (κ1) is 48.7. The number of hydrogen-bond donors (Lipinski definition) is 4. The van der Waals surface area contributed by atoms with Gasteiger partial charge in [-0.05, 0) is 94.8 Å². The molecule has 2 aliphatic rings. The molecule has 0 atom stereocenters. The van der Waals surface area contributed by atoms with E-state index in [-0.39, 0.29) is 47.3 Å². The normalized spacial score (nSPS) is 14.3. The Balaban J connectivity index is 0.717. The van der Waals surface area contributed by atoms with Crippen molar-refractivity contribution in [2.45, 2.75) is 104 Å². The zero-order chi connectivity index (χ0) is 47.3. The minimum atomic E-state index is -0.279. The topological polar surface area (TPSA) is 206 Å². The van der Waals surface area contributed by atoms with Crippen molar-refractivity contribution in [1.82, 2.24) is 40.0 Å². The number of anilines is 4. The predicted octanol–water partition coefficient (Wildman–Crippen LogP) is 7.05. The van der Waals surface area contributed by atoms with Gasteiger partial charge in [-0.3, -0.25) is 38.8 Å². The third kappa shape index (κ3) is 13.2. The summed E-state index contributed by atoms with van der Waals surface area (Å²) >= 11 is 1.42. The first-order valence-corrected chi connectivity index (χ1v) is 24.4. The zero-order valence-corrected chi connectivity index (χ0v) is 39.9. The van der Waals surface area contributed by atoms with E-state index < -0.39 is 0 Å². The highest BCUT2D eigenvalue weighted by atomic mass is 32.1. The molecule has 4 N–H and O–H groups in total. The summed E-state index contributed by atoms with van der Waals surface area (Å²) in [6.07, 6.45) is 16.3. The van der Waals surface area contributed by atoms with Crippen molar-refractivity contribution in [3.63, 3.8) is 0 Å². The van der Waals surface area contributed by atoms with Crippen molar-refractivity contribution in [2.75, 3.05) is 68.0 Å². The van der Waals surface area contributed by atoms with Crippen LogP contribution in [0.5, 0.6) is 5.75 Å². The number of rotatable bonds is 22. The third-order valence-electron chi connectivity index (χ3n) is 12.5. The van der Waals surface area contributed by atoms with Crippen molar-refractivity contribution in [1.29, 1.82) is 0 Å². The van der Waals surface area contributed by atoms with Gasteiger partial charge < -0.3 is 25.6 Å². The second-order valence-corrected chi connectivity index (χ2v) is 18.8. The number of ketones is 1. The molecule has 5 heterocycles.